The second-order valence-corrected chi connectivity index (χ2v) is 5.37. The number of thioether (sulfide) groups is 1. The number of hydrogen-bond donors (Lipinski definition) is 1. The van der Waals surface area contributed by atoms with E-state index in [0.717, 1.165) is 10.6 Å². The first kappa shape index (κ1) is 14.3. The van der Waals surface area contributed by atoms with Crippen molar-refractivity contribution in [2.75, 3.05) is 6.26 Å². The van der Waals surface area contributed by atoms with E-state index in [-0.39, 0.29) is 0 Å². The van der Waals surface area contributed by atoms with Gasteiger partial charge in [0.25, 0.3) is 0 Å². The lowest BCUT2D eigenvalue weighted by atomic mass is 10.1. The van der Waals surface area contributed by atoms with Crippen molar-refractivity contribution >= 4 is 23.4 Å². The van der Waals surface area contributed by atoms with E-state index in [9.17, 15) is 5.11 Å². The largest absolute Gasteiger partial charge is 0.456 e. The summed E-state index contributed by atoms with van der Waals surface area (Å²) in [5.74, 6) is 1.46. The highest BCUT2D eigenvalue weighted by molar-refractivity contribution is 7.98. The van der Waals surface area contributed by atoms with Gasteiger partial charge in [0.15, 0.2) is 0 Å². The fraction of sp³-hybridized carbons (Fsp3) is 0.200. The van der Waals surface area contributed by atoms with E-state index in [1.165, 1.54) is 0 Å². The Hall–Kier alpha value is -1.16. The lowest BCUT2D eigenvalue weighted by Gasteiger charge is -2.12. The predicted octanol–water partition coefficient (Wildman–Crippen LogP) is 4.91. The SMILES string of the molecule is CSc1ccccc1Oc1ccc(C(C)O)c(Cl)c1. The lowest BCUT2D eigenvalue weighted by molar-refractivity contribution is 0.199. The molecule has 0 heterocycles. The summed E-state index contributed by atoms with van der Waals surface area (Å²) in [6.45, 7) is 1.69. The molecule has 0 aliphatic carbocycles. The van der Waals surface area contributed by atoms with Gasteiger partial charge in [-0.05, 0) is 43.0 Å². The minimum absolute atomic E-state index is 0.508. The van der Waals surface area contributed by atoms with Crippen molar-refractivity contribution in [2.24, 2.45) is 0 Å². The van der Waals surface area contributed by atoms with Crippen molar-refractivity contribution in [2.45, 2.75) is 17.9 Å². The maximum absolute atomic E-state index is 9.54. The molecular weight excluding hydrogens is 280 g/mol. The van der Waals surface area contributed by atoms with Gasteiger partial charge in [-0.1, -0.05) is 29.8 Å². The van der Waals surface area contributed by atoms with Crippen molar-refractivity contribution in [3.63, 3.8) is 0 Å². The van der Waals surface area contributed by atoms with Crippen LogP contribution in [-0.2, 0) is 0 Å². The Balaban J connectivity index is 2.26. The van der Waals surface area contributed by atoms with E-state index < -0.39 is 6.10 Å². The average molecular weight is 295 g/mol. The molecule has 100 valence electrons. The van der Waals surface area contributed by atoms with E-state index in [1.54, 1.807) is 30.8 Å². The van der Waals surface area contributed by atoms with E-state index in [0.29, 0.717) is 16.3 Å². The molecule has 0 aliphatic rings. The van der Waals surface area contributed by atoms with Crippen LogP contribution in [0.2, 0.25) is 5.02 Å². The van der Waals surface area contributed by atoms with Crippen LogP contribution in [0.3, 0.4) is 0 Å². The topological polar surface area (TPSA) is 29.5 Å². The van der Waals surface area contributed by atoms with Gasteiger partial charge in [0, 0.05) is 4.90 Å². The fourth-order valence-electron chi connectivity index (χ4n) is 1.74. The van der Waals surface area contributed by atoms with Crippen LogP contribution in [0.25, 0.3) is 0 Å². The van der Waals surface area contributed by atoms with Crippen LogP contribution in [0, 0.1) is 0 Å². The molecule has 2 rings (SSSR count). The second-order valence-electron chi connectivity index (χ2n) is 4.11. The summed E-state index contributed by atoms with van der Waals surface area (Å²) in [5.41, 5.74) is 0.701. The molecule has 0 amide bonds. The summed E-state index contributed by atoms with van der Waals surface area (Å²) in [5, 5.41) is 10.0. The van der Waals surface area contributed by atoms with Crippen molar-refractivity contribution in [1.29, 1.82) is 0 Å². The highest BCUT2D eigenvalue weighted by Crippen LogP contribution is 2.33. The van der Waals surface area contributed by atoms with Gasteiger partial charge in [0.2, 0.25) is 0 Å². The summed E-state index contributed by atoms with van der Waals surface area (Å²) in [6.07, 6.45) is 1.42. The number of para-hydroxylation sites is 1. The van der Waals surface area contributed by atoms with Gasteiger partial charge in [-0.15, -0.1) is 11.8 Å². The quantitative estimate of drug-likeness (QED) is 0.813. The highest BCUT2D eigenvalue weighted by Gasteiger charge is 2.09. The van der Waals surface area contributed by atoms with Gasteiger partial charge in [-0.25, -0.2) is 0 Å². The average Bonchev–Trinajstić information content (AvgIpc) is 2.39. The first-order chi connectivity index (χ1) is 9.11. The summed E-state index contributed by atoms with van der Waals surface area (Å²) in [4.78, 5) is 1.07. The first-order valence-electron chi connectivity index (χ1n) is 5.90. The third-order valence-electron chi connectivity index (χ3n) is 2.72. The van der Waals surface area contributed by atoms with Crippen LogP contribution in [0.5, 0.6) is 11.5 Å². The Kier molecular flexibility index (Phi) is 4.75. The first-order valence-corrected chi connectivity index (χ1v) is 7.50. The zero-order valence-electron chi connectivity index (χ0n) is 10.8. The molecule has 2 aromatic carbocycles. The Labute approximate surface area is 122 Å². The Morgan fingerprint density at radius 2 is 1.95 bits per heavy atom. The fourth-order valence-corrected chi connectivity index (χ4v) is 2.59. The van der Waals surface area contributed by atoms with Crippen molar-refractivity contribution in [3.05, 3.63) is 53.1 Å². The summed E-state index contributed by atoms with van der Waals surface area (Å²) in [7, 11) is 0. The van der Waals surface area contributed by atoms with Gasteiger partial charge in [0.05, 0.1) is 11.1 Å². The molecule has 0 saturated carbocycles. The van der Waals surface area contributed by atoms with Gasteiger partial charge >= 0.3 is 0 Å². The molecule has 2 aromatic rings. The molecular formula is C15H15ClO2S. The number of aliphatic hydroxyl groups is 1. The molecule has 1 unspecified atom stereocenters. The molecule has 1 N–H and O–H groups in total. The number of aliphatic hydroxyl groups excluding tert-OH is 1. The number of benzene rings is 2. The van der Waals surface area contributed by atoms with Gasteiger partial charge < -0.3 is 9.84 Å². The smallest absolute Gasteiger partial charge is 0.140 e. The number of ether oxygens (including phenoxy) is 1. The number of rotatable bonds is 4. The highest BCUT2D eigenvalue weighted by atomic mass is 35.5. The molecule has 0 spiro atoms. The molecule has 0 radical (unpaired) electrons. The third-order valence-corrected chi connectivity index (χ3v) is 3.82. The Morgan fingerprint density at radius 1 is 1.21 bits per heavy atom. The second kappa shape index (κ2) is 6.33. The van der Waals surface area contributed by atoms with E-state index >= 15 is 0 Å². The van der Waals surface area contributed by atoms with E-state index in [1.807, 2.05) is 36.6 Å². The van der Waals surface area contributed by atoms with Crippen LogP contribution < -0.4 is 4.74 Å². The molecule has 19 heavy (non-hydrogen) atoms. The maximum Gasteiger partial charge on any atom is 0.140 e. The van der Waals surface area contributed by atoms with Crippen LogP contribution in [0.15, 0.2) is 47.4 Å². The Morgan fingerprint density at radius 3 is 2.58 bits per heavy atom. The van der Waals surface area contributed by atoms with Crippen LogP contribution in [0.1, 0.15) is 18.6 Å². The maximum atomic E-state index is 9.54. The summed E-state index contributed by atoms with van der Waals surface area (Å²) < 4.78 is 5.83. The van der Waals surface area contributed by atoms with Crippen molar-refractivity contribution < 1.29 is 9.84 Å². The van der Waals surface area contributed by atoms with E-state index in [2.05, 4.69) is 0 Å². The zero-order chi connectivity index (χ0) is 13.8. The molecule has 0 aromatic heterocycles. The zero-order valence-corrected chi connectivity index (χ0v) is 12.3. The number of hydrogen-bond acceptors (Lipinski definition) is 3. The normalized spacial score (nSPS) is 12.2. The van der Waals surface area contributed by atoms with Crippen molar-refractivity contribution in [1.82, 2.24) is 0 Å². The Bertz CT molecular complexity index is 570. The number of halogens is 1. The third kappa shape index (κ3) is 3.44. The molecule has 1 atom stereocenters. The standard InChI is InChI=1S/C15H15ClO2S/c1-10(17)12-8-7-11(9-13(12)16)18-14-5-3-4-6-15(14)19-2/h3-10,17H,1-2H3. The van der Waals surface area contributed by atoms with Crippen LogP contribution >= 0.6 is 23.4 Å². The van der Waals surface area contributed by atoms with Crippen molar-refractivity contribution in [3.8, 4) is 11.5 Å². The molecule has 0 saturated heterocycles. The molecule has 0 aliphatic heterocycles. The minimum atomic E-state index is -0.583. The molecule has 4 heteroatoms. The van der Waals surface area contributed by atoms with Gasteiger partial charge in [0.1, 0.15) is 11.5 Å². The monoisotopic (exact) mass is 294 g/mol. The van der Waals surface area contributed by atoms with Crippen LogP contribution in [-0.4, -0.2) is 11.4 Å². The molecule has 2 nitrogen and oxygen atoms in total. The molecule has 0 bridgehead atoms. The minimum Gasteiger partial charge on any atom is -0.456 e. The van der Waals surface area contributed by atoms with E-state index in [4.69, 9.17) is 16.3 Å². The molecule has 0 fully saturated rings. The lowest BCUT2D eigenvalue weighted by Crippen LogP contribution is -1.93. The van der Waals surface area contributed by atoms with Crippen LogP contribution in [0.4, 0.5) is 0 Å². The predicted molar refractivity (Wildman–Crippen MR) is 80.4 cm³/mol. The summed E-state index contributed by atoms with van der Waals surface area (Å²) in [6, 6.07) is 13.1. The summed E-state index contributed by atoms with van der Waals surface area (Å²) >= 11 is 7.75. The van der Waals surface area contributed by atoms with Gasteiger partial charge in [-0.3, -0.25) is 0 Å². The van der Waals surface area contributed by atoms with Gasteiger partial charge in [-0.2, -0.15) is 0 Å².